The maximum Gasteiger partial charge on any atom is 0.302 e. The lowest BCUT2D eigenvalue weighted by molar-refractivity contribution is -0.629. The van der Waals surface area contributed by atoms with Gasteiger partial charge in [0.2, 0.25) is 0 Å². The standard InChI is InChI=1S/C16H14N4O4S/c1-12-6-8-14(9-7-12)25(23,24)18-17-10-13-11-19(21)15-4-2-3-5-16(15)20(13)22/h2-11,18H,1H3. The van der Waals surface area contributed by atoms with Gasteiger partial charge in [-0.1, -0.05) is 29.8 Å². The monoisotopic (exact) mass is 358 g/mol. The molecular formula is C16H14N4O4S. The Hall–Kier alpha value is -3.20. The number of hydrazone groups is 1. The van der Waals surface area contributed by atoms with Crippen molar-refractivity contribution >= 4 is 27.3 Å². The van der Waals surface area contributed by atoms with Crippen LogP contribution in [0, 0.1) is 17.3 Å². The van der Waals surface area contributed by atoms with E-state index in [1.54, 1.807) is 24.3 Å². The topological polar surface area (TPSA) is 112 Å². The van der Waals surface area contributed by atoms with Gasteiger partial charge in [-0.15, -0.1) is 0 Å². The molecule has 2 aromatic carbocycles. The third kappa shape index (κ3) is 3.36. The summed E-state index contributed by atoms with van der Waals surface area (Å²) < 4.78 is 25.3. The van der Waals surface area contributed by atoms with E-state index >= 15 is 0 Å². The van der Waals surface area contributed by atoms with Gasteiger partial charge < -0.3 is 10.4 Å². The van der Waals surface area contributed by atoms with Gasteiger partial charge >= 0.3 is 5.69 Å². The SMILES string of the molecule is Cc1ccc(S(=O)(=O)NN=Cc2c[n+]([O-])c3ccccc3[n+]2[O-])cc1. The molecule has 1 aromatic heterocycles. The number of sulfonamides is 1. The van der Waals surface area contributed by atoms with Gasteiger partial charge in [-0.05, 0) is 19.1 Å². The highest BCUT2D eigenvalue weighted by atomic mass is 32.2. The minimum atomic E-state index is -3.86. The van der Waals surface area contributed by atoms with Crippen molar-refractivity contribution in [1.82, 2.24) is 4.83 Å². The Morgan fingerprint density at radius 1 is 1.04 bits per heavy atom. The maximum atomic E-state index is 12.2. The van der Waals surface area contributed by atoms with E-state index in [1.165, 1.54) is 24.3 Å². The van der Waals surface area contributed by atoms with Crippen molar-refractivity contribution in [2.24, 2.45) is 5.10 Å². The Labute approximate surface area is 143 Å². The molecular weight excluding hydrogens is 344 g/mol. The maximum absolute atomic E-state index is 12.2. The van der Waals surface area contributed by atoms with Crippen molar-refractivity contribution in [3.8, 4) is 0 Å². The van der Waals surface area contributed by atoms with E-state index in [1.807, 2.05) is 11.8 Å². The Kier molecular flexibility index (Phi) is 4.24. The first-order chi connectivity index (χ1) is 11.9. The molecule has 0 saturated heterocycles. The molecule has 0 fully saturated rings. The molecule has 0 aliphatic carbocycles. The van der Waals surface area contributed by atoms with Crippen LogP contribution in [0.1, 0.15) is 11.3 Å². The fourth-order valence-electron chi connectivity index (χ4n) is 2.22. The highest BCUT2D eigenvalue weighted by Crippen LogP contribution is 2.09. The molecule has 128 valence electrons. The molecule has 8 nitrogen and oxygen atoms in total. The smallest absolute Gasteiger partial charge is 0.302 e. The van der Waals surface area contributed by atoms with E-state index in [0.29, 0.717) is 9.46 Å². The third-order valence-electron chi connectivity index (χ3n) is 3.52. The molecule has 9 heteroatoms. The summed E-state index contributed by atoms with van der Waals surface area (Å²) in [6.45, 7) is 1.84. The molecule has 0 unspecified atom stereocenters. The average Bonchev–Trinajstić information content (AvgIpc) is 2.59. The summed E-state index contributed by atoms with van der Waals surface area (Å²) >= 11 is 0. The second kappa shape index (κ2) is 6.36. The van der Waals surface area contributed by atoms with Crippen LogP contribution in [0.15, 0.2) is 64.7 Å². The first-order valence-corrected chi connectivity index (χ1v) is 8.73. The van der Waals surface area contributed by atoms with Crippen LogP contribution in [-0.2, 0) is 10.0 Å². The van der Waals surface area contributed by atoms with Crippen LogP contribution in [0.5, 0.6) is 0 Å². The van der Waals surface area contributed by atoms with Crippen LogP contribution >= 0.6 is 0 Å². The lowest BCUT2D eigenvalue weighted by Gasteiger charge is -2.06. The van der Waals surface area contributed by atoms with Crippen molar-refractivity contribution in [2.45, 2.75) is 11.8 Å². The fraction of sp³-hybridized carbons (Fsp3) is 0.0625. The summed E-state index contributed by atoms with van der Waals surface area (Å²) in [5.74, 6) is 0. The van der Waals surface area contributed by atoms with Crippen LogP contribution < -0.4 is 14.3 Å². The van der Waals surface area contributed by atoms with Gasteiger partial charge in [0.25, 0.3) is 27.3 Å². The number of aromatic nitrogens is 2. The minimum absolute atomic E-state index is 0.0441. The van der Waals surface area contributed by atoms with E-state index in [-0.39, 0.29) is 21.6 Å². The van der Waals surface area contributed by atoms with E-state index in [4.69, 9.17) is 0 Å². The van der Waals surface area contributed by atoms with E-state index in [0.717, 1.165) is 18.0 Å². The van der Waals surface area contributed by atoms with E-state index in [2.05, 4.69) is 5.10 Å². The van der Waals surface area contributed by atoms with Crippen molar-refractivity contribution in [3.63, 3.8) is 0 Å². The summed E-state index contributed by atoms with van der Waals surface area (Å²) in [7, 11) is -3.86. The molecule has 0 radical (unpaired) electrons. The Bertz CT molecular complexity index is 1060. The van der Waals surface area contributed by atoms with Gasteiger partial charge in [-0.25, -0.2) is 0 Å². The molecule has 1 heterocycles. The van der Waals surface area contributed by atoms with Crippen LogP contribution in [0.25, 0.3) is 11.0 Å². The van der Waals surface area contributed by atoms with Gasteiger partial charge in [0.15, 0.2) is 0 Å². The normalized spacial score (nSPS) is 11.9. The van der Waals surface area contributed by atoms with Gasteiger partial charge in [-0.2, -0.15) is 27.8 Å². The second-order valence-electron chi connectivity index (χ2n) is 5.33. The van der Waals surface area contributed by atoms with E-state index < -0.39 is 10.0 Å². The molecule has 0 amide bonds. The second-order valence-corrected chi connectivity index (χ2v) is 6.99. The highest BCUT2D eigenvalue weighted by molar-refractivity contribution is 7.89. The number of benzene rings is 2. The van der Waals surface area contributed by atoms with Gasteiger partial charge in [0.1, 0.15) is 6.21 Å². The first-order valence-electron chi connectivity index (χ1n) is 7.24. The number of fused-ring (bicyclic) bond motifs is 1. The summed E-state index contributed by atoms with van der Waals surface area (Å²) in [5.41, 5.74) is 1.18. The molecule has 3 rings (SSSR count). The van der Waals surface area contributed by atoms with Gasteiger partial charge in [-0.3, -0.25) is 0 Å². The average molecular weight is 358 g/mol. The molecule has 0 aliphatic rings. The third-order valence-corrected chi connectivity index (χ3v) is 4.76. The summed E-state index contributed by atoms with van der Waals surface area (Å²) in [6.07, 6.45) is 2.01. The van der Waals surface area contributed by atoms with Crippen molar-refractivity contribution in [1.29, 1.82) is 0 Å². The van der Waals surface area contributed by atoms with Crippen molar-refractivity contribution in [2.75, 3.05) is 0 Å². The van der Waals surface area contributed by atoms with Crippen molar-refractivity contribution < 1.29 is 17.9 Å². The Morgan fingerprint density at radius 3 is 2.36 bits per heavy atom. The predicted molar refractivity (Wildman–Crippen MR) is 91.0 cm³/mol. The number of hydrogen-bond donors (Lipinski definition) is 1. The summed E-state index contributed by atoms with van der Waals surface area (Å²) in [6, 6.07) is 12.5. The Morgan fingerprint density at radius 2 is 1.68 bits per heavy atom. The molecule has 0 spiro atoms. The zero-order chi connectivity index (χ0) is 18.0. The number of rotatable bonds is 4. The zero-order valence-corrected chi connectivity index (χ0v) is 14.0. The molecule has 0 atom stereocenters. The first kappa shape index (κ1) is 16.7. The number of hydrogen-bond acceptors (Lipinski definition) is 5. The molecule has 0 aliphatic heterocycles. The number of nitrogens with one attached hydrogen (secondary N) is 1. The van der Waals surface area contributed by atoms with Crippen molar-refractivity contribution in [3.05, 3.63) is 76.4 Å². The molecule has 1 N–H and O–H groups in total. The number of para-hydroxylation sites is 2. The van der Waals surface area contributed by atoms with Gasteiger partial charge in [0.05, 0.1) is 4.90 Å². The van der Waals surface area contributed by atoms with Crippen LogP contribution in [0.4, 0.5) is 0 Å². The summed E-state index contributed by atoms with van der Waals surface area (Å²) in [4.78, 5) is 2.06. The van der Waals surface area contributed by atoms with E-state index in [9.17, 15) is 18.8 Å². The molecule has 0 bridgehead atoms. The lowest BCUT2D eigenvalue weighted by Crippen LogP contribution is -2.41. The zero-order valence-electron chi connectivity index (χ0n) is 13.2. The highest BCUT2D eigenvalue weighted by Gasteiger charge is 2.18. The number of nitrogens with zero attached hydrogens (tertiary/aromatic N) is 3. The number of aryl methyl sites for hydroxylation is 1. The minimum Gasteiger partial charge on any atom is -0.618 e. The molecule has 3 aromatic rings. The molecule has 25 heavy (non-hydrogen) atoms. The van der Waals surface area contributed by atoms with Crippen LogP contribution in [0.2, 0.25) is 0 Å². The largest absolute Gasteiger partial charge is 0.618 e. The summed E-state index contributed by atoms with van der Waals surface area (Å²) in [5, 5.41) is 27.8. The van der Waals surface area contributed by atoms with Gasteiger partial charge in [0, 0.05) is 12.1 Å². The quantitative estimate of drug-likeness (QED) is 0.320. The fourth-order valence-corrected chi connectivity index (χ4v) is 3.01. The van der Waals surface area contributed by atoms with Crippen LogP contribution in [0.3, 0.4) is 0 Å². The lowest BCUT2D eigenvalue weighted by atomic mass is 10.2. The Balaban J connectivity index is 1.89. The van der Waals surface area contributed by atoms with Crippen LogP contribution in [-0.4, -0.2) is 14.6 Å². The predicted octanol–water partition coefficient (Wildman–Crippen LogP) is 0.727. The molecule has 0 saturated carbocycles.